The number of thiophene rings is 1. The molecule has 0 saturated heterocycles. The number of carbonyl (C=O) groups is 2. The molecule has 0 unspecified atom stereocenters. The van der Waals surface area contributed by atoms with Gasteiger partial charge in [-0.15, -0.1) is 11.3 Å². The first-order chi connectivity index (χ1) is 12.2. The molecule has 26 heavy (non-hydrogen) atoms. The Morgan fingerprint density at radius 3 is 2.58 bits per heavy atom. The molecule has 0 aliphatic rings. The average molecular weight is 439 g/mol. The van der Waals surface area contributed by atoms with Crippen molar-refractivity contribution >= 4 is 44.1 Å². The number of amides is 2. The molecule has 1 aromatic carbocycles. The van der Waals surface area contributed by atoms with Gasteiger partial charge in [0.1, 0.15) is 10.8 Å². The fourth-order valence-electron chi connectivity index (χ4n) is 2.54. The summed E-state index contributed by atoms with van der Waals surface area (Å²) in [6.07, 6.45) is 0.684. The molecule has 0 aliphatic carbocycles. The Morgan fingerprint density at radius 1 is 1.35 bits per heavy atom. The Morgan fingerprint density at radius 2 is 2.04 bits per heavy atom. The minimum Gasteiger partial charge on any atom is -0.492 e. The van der Waals surface area contributed by atoms with Crippen LogP contribution in [-0.2, 0) is 6.42 Å². The Hall–Kier alpha value is -1.86. The van der Waals surface area contributed by atoms with Crippen LogP contribution in [0, 0.1) is 12.8 Å². The number of anilines is 1. The zero-order valence-electron chi connectivity index (χ0n) is 15.3. The van der Waals surface area contributed by atoms with E-state index in [1.807, 2.05) is 13.8 Å². The number of ether oxygens (including phenoxy) is 1. The van der Waals surface area contributed by atoms with Crippen molar-refractivity contribution in [1.29, 1.82) is 0 Å². The third-order valence-electron chi connectivity index (χ3n) is 3.80. The molecule has 2 aromatic rings. The fraction of sp³-hybridized carbons (Fsp3) is 0.368. The van der Waals surface area contributed by atoms with Gasteiger partial charge in [-0.05, 0) is 59.0 Å². The van der Waals surface area contributed by atoms with Gasteiger partial charge in [0.2, 0.25) is 0 Å². The Kier molecular flexibility index (Phi) is 6.83. The predicted molar refractivity (Wildman–Crippen MR) is 109 cm³/mol. The van der Waals surface area contributed by atoms with E-state index in [0.29, 0.717) is 45.3 Å². The first-order valence-corrected chi connectivity index (χ1v) is 10.0. The monoisotopic (exact) mass is 438 g/mol. The lowest BCUT2D eigenvalue weighted by atomic mass is 10.1. The van der Waals surface area contributed by atoms with E-state index in [4.69, 9.17) is 10.5 Å². The maximum absolute atomic E-state index is 12.6. The normalized spacial score (nSPS) is 10.8. The fourth-order valence-corrected chi connectivity index (χ4v) is 4.18. The quantitative estimate of drug-likeness (QED) is 0.652. The number of rotatable bonds is 7. The smallest absolute Gasteiger partial charge is 0.256 e. The van der Waals surface area contributed by atoms with Crippen molar-refractivity contribution in [2.24, 2.45) is 11.7 Å². The minimum atomic E-state index is -0.528. The van der Waals surface area contributed by atoms with Gasteiger partial charge in [0, 0.05) is 10.4 Å². The van der Waals surface area contributed by atoms with Crippen molar-refractivity contribution in [3.05, 3.63) is 44.2 Å². The lowest BCUT2D eigenvalue weighted by Gasteiger charge is -2.11. The molecule has 0 aliphatic heterocycles. The van der Waals surface area contributed by atoms with Gasteiger partial charge in [0.05, 0.1) is 16.6 Å². The van der Waals surface area contributed by atoms with Crippen LogP contribution >= 0.6 is 27.3 Å². The van der Waals surface area contributed by atoms with E-state index in [2.05, 4.69) is 35.1 Å². The number of hydrogen-bond acceptors (Lipinski definition) is 4. The molecule has 2 rings (SSSR count). The van der Waals surface area contributed by atoms with E-state index in [9.17, 15) is 9.59 Å². The summed E-state index contributed by atoms with van der Waals surface area (Å²) in [5, 5.41) is 3.31. The topological polar surface area (TPSA) is 81.4 Å². The average Bonchev–Trinajstić information content (AvgIpc) is 2.88. The highest BCUT2D eigenvalue weighted by Crippen LogP contribution is 2.34. The third-order valence-corrected chi connectivity index (χ3v) is 5.48. The Bertz CT molecular complexity index is 830. The van der Waals surface area contributed by atoms with Crippen LogP contribution in [0.15, 0.2) is 22.7 Å². The summed E-state index contributed by atoms with van der Waals surface area (Å²) in [5.41, 5.74) is 7.27. The van der Waals surface area contributed by atoms with Crippen LogP contribution in [0.3, 0.4) is 0 Å². The maximum atomic E-state index is 12.6. The van der Waals surface area contributed by atoms with Gasteiger partial charge in [-0.3, -0.25) is 9.59 Å². The van der Waals surface area contributed by atoms with Crippen LogP contribution < -0.4 is 15.8 Å². The standard InChI is InChI=1S/C19H23BrN2O3S/c1-5-13-11(4)26-19(16(13)17(21)23)22-18(24)12-6-7-15(14(20)8-12)25-9-10(2)3/h6-8,10H,5,9H2,1-4H3,(H2,21,23)(H,22,24). The lowest BCUT2D eigenvalue weighted by Crippen LogP contribution is -2.18. The second-order valence-corrected chi connectivity index (χ2v) is 8.44. The Labute approximate surface area is 166 Å². The number of nitrogens with two attached hydrogens (primary N) is 1. The van der Waals surface area contributed by atoms with Crippen molar-refractivity contribution in [3.63, 3.8) is 0 Å². The largest absolute Gasteiger partial charge is 0.492 e. The van der Waals surface area contributed by atoms with Crippen molar-refractivity contribution < 1.29 is 14.3 Å². The number of halogens is 1. The minimum absolute atomic E-state index is 0.299. The zero-order chi connectivity index (χ0) is 19.4. The van der Waals surface area contributed by atoms with Crippen molar-refractivity contribution in [1.82, 2.24) is 0 Å². The summed E-state index contributed by atoms with van der Waals surface area (Å²) >= 11 is 4.81. The van der Waals surface area contributed by atoms with E-state index in [0.717, 1.165) is 10.4 Å². The summed E-state index contributed by atoms with van der Waals surface area (Å²) < 4.78 is 6.40. The molecule has 3 N–H and O–H groups in total. The van der Waals surface area contributed by atoms with Crippen LogP contribution in [0.2, 0.25) is 0 Å². The molecule has 0 atom stereocenters. The lowest BCUT2D eigenvalue weighted by molar-refractivity contribution is 0.100. The number of aryl methyl sites for hydroxylation is 1. The third kappa shape index (κ3) is 4.65. The van der Waals surface area contributed by atoms with Gasteiger partial charge in [-0.2, -0.15) is 0 Å². The zero-order valence-corrected chi connectivity index (χ0v) is 17.7. The van der Waals surface area contributed by atoms with Gasteiger partial charge in [-0.25, -0.2) is 0 Å². The number of nitrogens with one attached hydrogen (secondary N) is 1. The molecule has 1 heterocycles. The van der Waals surface area contributed by atoms with Crippen LogP contribution in [0.25, 0.3) is 0 Å². The van der Waals surface area contributed by atoms with Crippen LogP contribution in [0.1, 0.15) is 51.9 Å². The molecule has 0 fully saturated rings. The SMILES string of the molecule is CCc1c(C)sc(NC(=O)c2ccc(OCC(C)C)c(Br)c2)c1C(N)=O. The van der Waals surface area contributed by atoms with E-state index in [-0.39, 0.29) is 5.91 Å². The van der Waals surface area contributed by atoms with Gasteiger partial charge in [-0.1, -0.05) is 20.8 Å². The first kappa shape index (κ1) is 20.5. The summed E-state index contributed by atoms with van der Waals surface area (Å²) in [6, 6.07) is 5.16. The van der Waals surface area contributed by atoms with Gasteiger partial charge < -0.3 is 15.8 Å². The molecule has 0 spiro atoms. The molecule has 2 amide bonds. The van der Waals surface area contributed by atoms with E-state index in [1.165, 1.54) is 11.3 Å². The number of hydrogen-bond donors (Lipinski definition) is 2. The van der Waals surface area contributed by atoms with Gasteiger partial charge in [0.25, 0.3) is 11.8 Å². The highest BCUT2D eigenvalue weighted by atomic mass is 79.9. The molecule has 5 nitrogen and oxygen atoms in total. The van der Waals surface area contributed by atoms with Crippen molar-refractivity contribution in [2.75, 3.05) is 11.9 Å². The van der Waals surface area contributed by atoms with Gasteiger partial charge >= 0.3 is 0 Å². The predicted octanol–water partition coefficient (Wildman–Crippen LogP) is 4.77. The van der Waals surface area contributed by atoms with Crippen LogP contribution in [0.4, 0.5) is 5.00 Å². The van der Waals surface area contributed by atoms with Crippen molar-refractivity contribution in [2.45, 2.75) is 34.1 Å². The highest BCUT2D eigenvalue weighted by molar-refractivity contribution is 9.10. The molecule has 7 heteroatoms. The molecule has 0 saturated carbocycles. The molecule has 0 radical (unpaired) electrons. The molecule has 1 aromatic heterocycles. The molecule has 0 bridgehead atoms. The second-order valence-electron chi connectivity index (χ2n) is 6.36. The maximum Gasteiger partial charge on any atom is 0.256 e. The van der Waals surface area contributed by atoms with Crippen LogP contribution in [0.5, 0.6) is 5.75 Å². The number of primary amides is 1. The van der Waals surface area contributed by atoms with Gasteiger partial charge in [0.15, 0.2) is 0 Å². The van der Waals surface area contributed by atoms with E-state index >= 15 is 0 Å². The molecular formula is C19H23BrN2O3S. The Balaban J connectivity index is 2.23. The summed E-state index contributed by atoms with van der Waals surface area (Å²) in [7, 11) is 0. The number of benzene rings is 1. The first-order valence-electron chi connectivity index (χ1n) is 8.40. The van der Waals surface area contributed by atoms with Crippen LogP contribution in [-0.4, -0.2) is 18.4 Å². The highest BCUT2D eigenvalue weighted by Gasteiger charge is 2.21. The molecule has 140 valence electrons. The second kappa shape index (κ2) is 8.68. The van der Waals surface area contributed by atoms with E-state index in [1.54, 1.807) is 18.2 Å². The number of carbonyl (C=O) groups excluding carboxylic acids is 2. The molecular weight excluding hydrogens is 416 g/mol. The summed E-state index contributed by atoms with van der Waals surface area (Å²) in [6.45, 7) is 8.61. The van der Waals surface area contributed by atoms with Crippen molar-refractivity contribution in [3.8, 4) is 5.75 Å². The van der Waals surface area contributed by atoms with E-state index < -0.39 is 5.91 Å². The summed E-state index contributed by atoms with van der Waals surface area (Å²) in [4.78, 5) is 25.4. The summed E-state index contributed by atoms with van der Waals surface area (Å²) in [5.74, 6) is 0.271.